The first kappa shape index (κ1) is 57.2. The number of carbonyl (C=O) groups is 1. The minimum atomic E-state index is -4.59. The standard InChI is InChI=1S/C50H93N2O6P/c1-6-8-10-12-14-16-18-20-22-23-24-25-26-27-28-30-31-33-35-37-39-41-43-49(53)48(47-58-59(55,56)57-46-45-52(3,4)5)51-50(54)44-42-40-38-36-34-32-29-21-19-17-15-13-11-9-7-2/h9,11,15,17,21,29,34,36,40,42,48-49,53H,6-8,10,12-14,16,18-20,22-28,30-33,35,37-39,41,43-47H2,1-5H3,(H-,51,54,55,56)/b11-9-,17-15-,29-21-,36-34-,42-40-. The third-order valence-corrected chi connectivity index (χ3v) is 11.5. The highest BCUT2D eigenvalue weighted by atomic mass is 31.2. The third-order valence-electron chi connectivity index (χ3n) is 10.5. The van der Waals surface area contributed by atoms with Gasteiger partial charge in [0.2, 0.25) is 5.91 Å². The minimum Gasteiger partial charge on any atom is -0.756 e. The predicted octanol–water partition coefficient (Wildman–Crippen LogP) is 13.2. The summed E-state index contributed by atoms with van der Waals surface area (Å²) in [5.74, 6) is -0.292. The Labute approximate surface area is 364 Å². The van der Waals surface area contributed by atoms with E-state index in [4.69, 9.17) is 9.05 Å². The van der Waals surface area contributed by atoms with Crippen molar-refractivity contribution in [1.82, 2.24) is 5.32 Å². The molecule has 3 atom stereocenters. The van der Waals surface area contributed by atoms with Gasteiger partial charge in [0, 0.05) is 6.42 Å². The first-order valence-corrected chi connectivity index (χ1v) is 25.6. The second-order valence-electron chi connectivity index (χ2n) is 17.5. The van der Waals surface area contributed by atoms with Crippen LogP contribution in [0.2, 0.25) is 0 Å². The zero-order valence-electron chi connectivity index (χ0n) is 38.9. The molecule has 0 aliphatic carbocycles. The van der Waals surface area contributed by atoms with E-state index in [1.807, 2.05) is 27.2 Å². The molecule has 9 heteroatoms. The van der Waals surface area contributed by atoms with E-state index in [-0.39, 0.29) is 25.5 Å². The molecule has 0 aliphatic rings. The number of unbranched alkanes of at least 4 members (excludes halogenated alkanes) is 21. The molecule has 0 spiro atoms. The highest BCUT2D eigenvalue weighted by molar-refractivity contribution is 7.45. The monoisotopic (exact) mass is 849 g/mol. The van der Waals surface area contributed by atoms with Crippen molar-refractivity contribution < 1.29 is 32.9 Å². The number of phosphoric ester groups is 1. The molecular weight excluding hydrogens is 756 g/mol. The van der Waals surface area contributed by atoms with Gasteiger partial charge in [0.05, 0.1) is 39.9 Å². The third kappa shape index (κ3) is 44.1. The van der Waals surface area contributed by atoms with Crippen LogP contribution in [-0.4, -0.2) is 68.5 Å². The summed E-state index contributed by atoms with van der Waals surface area (Å²) >= 11 is 0. The van der Waals surface area contributed by atoms with E-state index in [0.29, 0.717) is 23.9 Å². The van der Waals surface area contributed by atoms with Gasteiger partial charge in [-0.05, 0) is 38.5 Å². The van der Waals surface area contributed by atoms with Gasteiger partial charge in [-0.2, -0.15) is 0 Å². The van der Waals surface area contributed by atoms with Gasteiger partial charge in [-0.15, -0.1) is 0 Å². The fraction of sp³-hybridized carbons (Fsp3) is 0.780. The van der Waals surface area contributed by atoms with Crippen LogP contribution in [0, 0.1) is 0 Å². The fourth-order valence-electron chi connectivity index (χ4n) is 6.75. The molecule has 59 heavy (non-hydrogen) atoms. The molecule has 0 saturated heterocycles. The molecule has 0 rings (SSSR count). The van der Waals surface area contributed by atoms with Crippen molar-refractivity contribution in [1.29, 1.82) is 0 Å². The summed E-state index contributed by atoms with van der Waals surface area (Å²) in [7, 11) is 1.24. The number of phosphoric acid groups is 1. The molecule has 0 fully saturated rings. The van der Waals surface area contributed by atoms with Crippen molar-refractivity contribution in [3.63, 3.8) is 0 Å². The lowest BCUT2D eigenvalue weighted by Crippen LogP contribution is -2.46. The van der Waals surface area contributed by atoms with Gasteiger partial charge in [0.1, 0.15) is 13.2 Å². The number of carbonyl (C=O) groups excluding carboxylic acids is 1. The second-order valence-corrected chi connectivity index (χ2v) is 18.9. The van der Waals surface area contributed by atoms with E-state index in [1.54, 1.807) is 6.08 Å². The number of nitrogens with one attached hydrogen (secondary N) is 1. The minimum absolute atomic E-state index is 0.00654. The average Bonchev–Trinajstić information content (AvgIpc) is 3.19. The van der Waals surface area contributed by atoms with Crippen molar-refractivity contribution in [3.05, 3.63) is 60.8 Å². The van der Waals surface area contributed by atoms with Crippen LogP contribution in [-0.2, 0) is 18.4 Å². The van der Waals surface area contributed by atoms with Crippen LogP contribution in [0.4, 0.5) is 0 Å². The number of aliphatic hydroxyl groups is 1. The second kappa shape index (κ2) is 41.5. The predicted molar refractivity (Wildman–Crippen MR) is 251 cm³/mol. The molecule has 3 unspecified atom stereocenters. The highest BCUT2D eigenvalue weighted by Gasteiger charge is 2.24. The number of quaternary nitrogens is 1. The summed E-state index contributed by atoms with van der Waals surface area (Å²) in [6.45, 7) is 4.53. The molecule has 344 valence electrons. The summed E-state index contributed by atoms with van der Waals surface area (Å²) in [5, 5.41) is 13.9. The molecule has 0 radical (unpaired) electrons. The van der Waals surface area contributed by atoms with Crippen LogP contribution in [0.15, 0.2) is 60.8 Å². The Morgan fingerprint density at radius 2 is 0.966 bits per heavy atom. The van der Waals surface area contributed by atoms with E-state index in [0.717, 1.165) is 44.9 Å². The molecule has 0 heterocycles. The van der Waals surface area contributed by atoms with Gasteiger partial charge in [0.25, 0.3) is 7.82 Å². The lowest BCUT2D eigenvalue weighted by atomic mass is 10.0. The lowest BCUT2D eigenvalue weighted by Gasteiger charge is -2.30. The molecule has 0 aromatic carbocycles. The highest BCUT2D eigenvalue weighted by Crippen LogP contribution is 2.38. The number of likely N-dealkylation sites (N-methyl/N-ethyl adjacent to an activating group) is 1. The van der Waals surface area contributed by atoms with Crippen LogP contribution in [0.1, 0.15) is 200 Å². The Morgan fingerprint density at radius 1 is 0.593 bits per heavy atom. The summed E-state index contributed by atoms with van der Waals surface area (Å²) < 4.78 is 23.2. The molecule has 0 saturated carbocycles. The Balaban J connectivity index is 4.37. The zero-order valence-corrected chi connectivity index (χ0v) is 39.8. The average molecular weight is 849 g/mol. The van der Waals surface area contributed by atoms with E-state index in [2.05, 4.69) is 67.8 Å². The zero-order chi connectivity index (χ0) is 43.6. The summed E-state index contributed by atoms with van der Waals surface area (Å²) in [5.41, 5.74) is 0. The van der Waals surface area contributed by atoms with Gasteiger partial charge >= 0.3 is 0 Å². The van der Waals surface area contributed by atoms with E-state index < -0.39 is 20.0 Å². The van der Waals surface area contributed by atoms with Gasteiger partial charge in [-0.3, -0.25) is 9.36 Å². The number of allylic oxidation sites excluding steroid dienone is 9. The Hall–Kier alpha value is -1.80. The molecule has 0 bridgehead atoms. The first-order chi connectivity index (χ1) is 28.5. The fourth-order valence-corrected chi connectivity index (χ4v) is 7.48. The number of aliphatic hydroxyl groups excluding tert-OH is 1. The molecule has 0 aliphatic heterocycles. The quantitative estimate of drug-likeness (QED) is 0.0274. The van der Waals surface area contributed by atoms with Crippen molar-refractivity contribution in [2.45, 2.75) is 212 Å². The van der Waals surface area contributed by atoms with Crippen LogP contribution < -0.4 is 10.2 Å². The van der Waals surface area contributed by atoms with E-state index >= 15 is 0 Å². The van der Waals surface area contributed by atoms with Gasteiger partial charge < -0.3 is 28.8 Å². The molecule has 2 N–H and O–H groups in total. The van der Waals surface area contributed by atoms with Crippen molar-refractivity contribution in [3.8, 4) is 0 Å². The molecule has 0 aromatic heterocycles. The van der Waals surface area contributed by atoms with E-state index in [1.165, 1.54) is 122 Å². The largest absolute Gasteiger partial charge is 0.756 e. The van der Waals surface area contributed by atoms with Crippen molar-refractivity contribution in [2.24, 2.45) is 0 Å². The Bertz CT molecular complexity index is 1140. The SMILES string of the molecule is CC/C=C\C/C=C\C/C=C\C/C=C\C/C=C\CC(=O)NC(COP(=O)([O-])OCC[N+](C)(C)C)C(O)CCCCCCCCCCCCCCCCCCCCCCCC. The molecule has 0 aromatic rings. The van der Waals surface area contributed by atoms with Gasteiger partial charge in [-0.25, -0.2) is 0 Å². The summed E-state index contributed by atoms with van der Waals surface area (Å²) in [4.78, 5) is 25.3. The number of amides is 1. The van der Waals surface area contributed by atoms with Crippen LogP contribution in [0.25, 0.3) is 0 Å². The van der Waals surface area contributed by atoms with Crippen molar-refractivity contribution >= 4 is 13.7 Å². The number of rotatable bonds is 43. The van der Waals surface area contributed by atoms with Crippen LogP contribution in [0.3, 0.4) is 0 Å². The maximum absolute atomic E-state index is 12.8. The van der Waals surface area contributed by atoms with Gasteiger partial charge in [-0.1, -0.05) is 216 Å². The number of nitrogens with zero attached hydrogens (tertiary/aromatic N) is 1. The normalized spacial score (nSPS) is 14.8. The topological polar surface area (TPSA) is 108 Å². The van der Waals surface area contributed by atoms with E-state index in [9.17, 15) is 19.4 Å². The van der Waals surface area contributed by atoms with Crippen LogP contribution in [0.5, 0.6) is 0 Å². The maximum atomic E-state index is 12.8. The number of hydrogen-bond acceptors (Lipinski definition) is 6. The Morgan fingerprint density at radius 3 is 1.36 bits per heavy atom. The number of hydrogen-bond donors (Lipinski definition) is 2. The molecular formula is C50H93N2O6P. The van der Waals surface area contributed by atoms with Crippen LogP contribution >= 0.6 is 7.82 Å². The lowest BCUT2D eigenvalue weighted by molar-refractivity contribution is -0.870. The molecule has 8 nitrogen and oxygen atoms in total. The summed E-state index contributed by atoms with van der Waals surface area (Å²) in [6.07, 6.45) is 54.1. The Kier molecular flexibility index (Phi) is 40.3. The smallest absolute Gasteiger partial charge is 0.268 e. The maximum Gasteiger partial charge on any atom is 0.268 e. The van der Waals surface area contributed by atoms with Gasteiger partial charge in [0.15, 0.2) is 0 Å². The summed E-state index contributed by atoms with van der Waals surface area (Å²) in [6, 6.07) is -0.857. The van der Waals surface area contributed by atoms with Crippen molar-refractivity contribution in [2.75, 3.05) is 40.9 Å². The first-order valence-electron chi connectivity index (χ1n) is 24.1. The molecule has 1 amide bonds.